The second kappa shape index (κ2) is 43.8. The van der Waals surface area contributed by atoms with E-state index in [1.165, 1.54) is 20.8 Å². The van der Waals surface area contributed by atoms with Gasteiger partial charge in [0.1, 0.15) is 18.3 Å². The summed E-state index contributed by atoms with van der Waals surface area (Å²) in [6, 6.07) is -1.07. The average Bonchev–Trinajstić information content (AvgIpc) is 3.25. The van der Waals surface area contributed by atoms with E-state index in [9.17, 15) is 112 Å². The van der Waals surface area contributed by atoms with E-state index < -0.39 is 177 Å². The molecule has 0 aromatic heterocycles. The third kappa shape index (κ3) is 41.9. The van der Waals surface area contributed by atoms with Gasteiger partial charge in [0.2, 0.25) is 53.4 Å². The lowest BCUT2D eigenvalue weighted by molar-refractivity contribution is -0.324. The minimum Gasteiger partial charge on any atom is -0.726 e. The molecule has 5 saturated heterocycles. The van der Waals surface area contributed by atoms with Gasteiger partial charge in [0.05, 0.1) is 112 Å². The highest BCUT2D eigenvalue weighted by atomic mass is 32.3. The maximum atomic E-state index is 10.8. The maximum absolute atomic E-state index is 10.8. The number of ether oxygens (including phenoxy) is 4. The molecular weight excluding hydrogens is 1230 g/mol. The van der Waals surface area contributed by atoms with Gasteiger partial charge in [-0.15, -0.1) is 0 Å². The Labute approximate surface area is 480 Å². The van der Waals surface area contributed by atoms with Gasteiger partial charge in [0.25, 0.3) is 0 Å². The summed E-state index contributed by atoms with van der Waals surface area (Å²) in [4.78, 5) is 52.6. The zero-order valence-electron chi connectivity index (χ0n) is 41.4. The predicted octanol–water partition coefficient (Wildman–Crippen LogP) is -13.1. The van der Waals surface area contributed by atoms with Gasteiger partial charge in [-0.25, -0.2) is 33.7 Å². The van der Waals surface area contributed by atoms with E-state index in [2.05, 4.69) is 37.4 Å². The van der Waals surface area contributed by atoms with Crippen LogP contribution in [0.1, 0.15) is 76.2 Å². The average molecular weight is 1310 g/mol. The third-order valence-electron chi connectivity index (χ3n) is 10.4. The van der Waals surface area contributed by atoms with Gasteiger partial charge >= 0.3 is 0 Å². The number of aliphatic hydroxyl groups excluding tert-OH is 5. The molecule has 5 aliphatic heterocycles. The second-order valence-corrected chi connectivity index (χ2v) is 20.7. The van der Waals surface area contributed by atoms with Crippen LogP contribution in [-0.2, 0) is 101 Å². The third-order valence-corrected chi connectivity index (χ3v) is 12.2. The Kier molecular flexibility index (Phi) is 50.5. The Morgan fingerprint density at radius 3 is 1.23 bits per heavy atom. The predicted molar refractivity (Wildman–Crippen MR) is 265 cm³/mol. The first-order chi connectivity index (χ1) is 34.3. The number of piperidine rings is 1. The number of nitrogens with one attached hydrogen (secondary N) is 3. The molecule has 5 fully saturated rings. The molecule has 504 valence electrons. The molecule has 0 radical (unpaired) electrons. The van der Waals surface area contributed by atoms with E-state index in [4.69, 9.17) is 19.3 Å². The molecule has 5 aliphatic rings. The van der Waals surface area contributed by atoms with Crippen molar-refractivity contribution < 1.29 is 174 Å². The molecule has 0 aliphatic carbocycles. The van der Waals surface area contributed by atoms with Crippen LogP contribution >= 0.6 is 0 Å². The first-order valence-corrected chi connectivity index (χ1v) is 26.8. The Morgan fingerprint density at radius 2 is 0.928 bits per heavy atom. The van der Waals surface area contributed by atoms with Gasteiger partial charge < -0.3 is 130 Å². The normalized spacial score (nSPS) is 29.1. The van der Waals surface area contributed by atoms with Crippen LogP contribution in [0.3, 0.4) is 0 Å². The smallest absolute Gasteiger partial charge is 0.218 e. The van der Waals surface area contributed by atoms with Gasteiger partial charge in [-0.05, 0) is 6.42 Å². The fraction of sp³-hybridized carbons (Fsp3) is 0.872. The number of β-amino-alcohol motifs (C(OH)–C–C–N with tert-alkyl or cyclic N) is 1. The monoisotopic (exact) mass is 1310 g/mol. The Morgan fingerprint density at radius 1 is 0.530 bits per heavy atom. The van der Waals surface area contributed by atoms with Crippen LogP contribution < -0.4 is 31.3 Å². The van der Waals surface area contributed by atoms with Crippen LogP contribution in [0.25, 0.3) is 0 Å². The van der Waals surface area contributed by atoms with Gasteiger partial charge in [-0.2, -0.15) is 0 Å². The Bertz CT molecular complexity index is 2230. The molecule has 40 nitrogen and oxygen atoms in total. The number of aliphatic hydroxyl groups is 5. The van der Waals surface area contributed by atoms with Crippen LogP contribution in [0, 0.1) is 11.8 Å². The molecule has 0 aromatic carbocycles. The van der Waals surface area contributed by atoms with Crippen molar-refractivity contribution >= 4 is 71.3 Å². The molecule has 0 bridgehead atoms. The van der Waals surface area contributed by atoms with Gasteiger partial charge in [0, 0.05) is 64.0 Å². The Balaban J connectivity index is -0.000000139. The molecule has 44 heteroatoms. The van der Waals surface area contributed by atoms with Crippen LogP contribution in [0.5, 0.6) is 0 Å². The zero-order chi connectivity index (χ0) is 57.8. The zero-order valence-corrected chi connectivity index (χ0v) is 44.7. The van der Waals surface area contributed by atoms with E-state index in [1.807, 2.05) is 0 Å². The first kappa shape index (κ1) is 95.6. The van der Waals surface area contributed by atoms with E-state index >= 15 is 0 Å². The van der Waals surface area contributed by atoms with E-state index in [-0.39, 0.29) is 95.9 Å². The number of amides is 2. The number of hydrogen-bond donors (Lipinski definition) is 8. The SMILES string of the molecule is C.C.C.C.CC(=O)NC1COC(COS(=O)(=O)[O-])C[C@H]1O.CC(=O)NC1COC(COS(=O)(=O)[O-])C[C@H]1O.C[C@@H]1C(C(=O)[O-])OCC(OS(=O)(=O)[O-])[C@@H]1O.O.O.O.O.O=C([O-])C1CNC[C@H](O)C1.O=C([O-])C1C[C@@H](O)C(OS(=O)(=O)[O-])CO1. The fourth-order valence-corrected chi connectivity index (χ4v) is 8.40. The molecule has 9 unspecified atom stereocenters. The summed E-state index contributed by atoms with van der Waals surface area (Å²) in [5, 5.41) is 85.9. The summed E-state index contributed by atoms with van der Waals surface area (Å²) in [5.74, 6) is -6.17. The molecule has 16 N–H and O–H groups in total. The van der Waals surface area contributed by atoms with Crippen molar-refractivity contribution in [2.45, 2.75) is 155 Å². The number of carboxylic acid groups (broad SMARTS) is 3. The fourth-order valence-electron chi connectivity index (χ4n) is 6.81. The summed E-state index contributed by atoms with van der Waals surface area (Å²) < 4.78 is 158. The molecule has 0 aromatic rings. The van der Waals surface area contributed by atoms with Crippen LogP contribution in [0.15, 0.2) is 0 Å². The molecule has 2 amide bonds. The summed E-state index contributed by atoms with van der Waals surface area (Å²) in [5.41, 5.74) is 0. The van der Waals surface area contributed by atoms with Crippen LogP contribution in [-0.4, -0.2) is 261 Å². The number of carbonyl (C=O) groups is 5. The minimum atomic E-state index is -4.97. The van der Waals surface area contributed by atoms with Crippen molar-refractivity contribution in [1.29, 1.82) is 0 Å². The highest BCUT2D eigenvalue weighted by molar-refractivity contribution is 7.81. The first-order valence-electron chi connectivity index (χ1n) is 21.5. The second-order valence-electron chi connectivity index (χ2n) is 16.5. The van der Waals surface area contributed by atoms with E-state index in [0.29, 0.717) is 19.5 Å². The Hall–Kier alpha value is -3.73. The largest absolute Gasteiger partial charge is 0.726 e. The number of aliphatic carboxylic acids is 3. The highest BCUT2D eigenvalue weighted by Gasteiger charge is 2.39. The molecule has 5 heterocycles. The maximum Gasteiger partial charge on any atom is 0.218 e. The number of carbonyl (C=O) groups excluding carboxylic acids is 5. The quantitative estimate of drug-likeness (QED) is 0.0557. The van der Waals surface area contributed by atoms with Crippen LogP contribution in [0.2, 0.25) is 0 Å². The topological polar surface area (TPSA) is 720 Å². The lowest BCUT2D eigenvalue weighted by atomic mass is 9.92. The summed E-state index contributed by atoms with van der Waals surface area (Å²) in [6.45, 7) is 3.04. The van der Waals surface area contributed by atoms with Gasteiger partial charge in [-0.3, -0.25) is 26.3 Å². The van der Waals surface area contributed by atoms with E-state index in [0.717, 1.165) is 0 Å². The number of hydrogen-bond acceptors (Lipinski definition) is 34. The summed E-state index contributed by atoms with van der Waals surface area (Å²) in [7, 11) is -19.4. The lowest BCUT2D eigenvalue weighted by Gasteiger charge is -2.38. The van der Waals surface area contributed by atoms with Gasteiger partial charge in [-0.1, -0.05) is 36.6 Å². The molecule has 83 heavy (non-hydrogen) atoms. The molecular formula is C39H80N3O37S4-7. The van der Waals surface area contributed by atoms with Crippen molar-refractivity contribution in [2.24, 2.45) is 11.8 Å². The molecule has 15 atom stereocenters. The van der Waals surface area contributed by atoms with Gasteiger partial charge in [0.15, 0.2) is 0 Å². The number of carboxylic acids is 3. The van der Waals surface area contributed by atoms with Crippen LogP contribution in [0.4, 0.5) is 0 Å². The van der Waals surface area contributed by atoms with Crippen molar-refractivity contribution in [3.63, 3.8) is 0 Å². The number of rotatable bonds is 15. The summed E-state index contributed by atoms with van der Waals surface area (Å²) in [6.07, 6.45) is -11.8. The minimum absolute atomic E-state index is 0. The molecule has 0 saturated carbocycles. The van der Waals surface area contributed by atoms with Crippen molar-refractivity contribution in [3.8, 4) is 0 Å². The van der Waals surface area contributed by atoms with Crippen molar-refractivity contribution in [1.82, 2.24) is 16.0 Å². The molecule has 0 spiro atoms. The lowest BCUT2D eigenvalue weighted by Crippen LogP contribution is -2.55. The van der Waals surface area contributed by atoms with E-state index in [1.54, 1.807) is 0 Å². The molecule has 5 rings (SSSR count). The standard InChI is InChI=1S/2C8H15NO7S.C7H12O8S.C6H11NO3.C6H10O8S.4CH4.4H2O/c2*1-5(10)9-7-4-15-6(2-8(7)11)3-16-17(12,13)14;1-3-5(8)4(15-16(11,12)13)2-14-6(3)7(9)10;8-5-1-4(6(9)10)2-7-3-5;7-3-1-4(6(8)9)13-2-5(3)14-15(10,11)12;;;;;;;;/h2*6-8,11H,2-4H2,1H3,(H,9,10)(H,12,13,14);3-6,8H,2H2,1H3,(H,9,10)(H,11,12,13);4-5,7-8H,1-3H2,(H,9,10);3-5,7H,1-2H2,(H,8,9)(H,10,11,12);4*1H4;4*1H2/p-7/t2*6?,7?,8-;3-,4?,5+,6?;4?,5-;3-,4?,5?;;;;;;;;/m11011......../s1. The van der Waals surface area contributed by atoms with Crippen molar-refractivity contribution in [3.05, 3.63) is 0 Å². The highest BCUT2D eigenvalue weighted by Crippen LogP contribution is 2.24. The summed E-state index contributed by atoms with van der Waals surface area (Å²) >= 11 is 0. The van der Waals surface area contributed by atoms with Crippen molar-refractivity contribution in [2.75, 3.05) is 52.7 Å².